The van der Waals surface area contributed by atoms with Crippen LogP contribution in [0.3, 0.4) is 0 Å². The summed E-state index contributed by atoms with van der Waals surface area (Å²) in [6.45, 7) is 3.18. The fraction of sp³-hybridized carbons (Fsp3) is 0.261. The van der Waals surface area contributed by atoms with Crippen molar-refractivity contribution < 1.29 is 14.0 Å². The first kappa shape index (κ1) is 20.9. The summed E-state index contributed by atoms with van der Waals surface area (Å²) < 4.78 is 11.2. The van der Waals surface area contributed by atoms with Crippen LogP contribution in [0.5, 0.6) is 0 Å². The summed E-state index contributed by atoms with van der Waals surface area (Å²) in [6, 6.07) is 15.1. The summed E-state index contributed by atoms with van der Waals surface area (Å²) in [5.41, 5.74) is 1.30. The second-order valence-electron chi connectivity index (χ2n) is 7.23. The minimum Gasteiger partial charge on any atom is -0.451 e. The van der Waals surface area contributed by atoms with E-state index in [0.717, 1.165) is 34.1 Å². The maximum Gasteiger partial charge on any atom is 0.287 e. The highest BCUT2D eigenvalue weighted by Gasteiger charge is 2.13. The molecular formula is C23H24N4O3S. The standard InChI is InChI=1S/C23H24N4O3S/c1-2-6-21(28)26-16-9-10-18-15(13-16)14-19(30-18)23(29)25-12-5-11-24-22-17-7-3-4-8-20(17)31-27-22/h3-4,7-10,13-14H,2,5-6,11-12H2,1H3,(H,24,27)(H,25,29)(H,26,28). The van der Waals surface area contributed by atoms with Crippen molar-refractivity contribution in [3.05, 3.63) is 54.3 Å². The number of benzene rings is 2. The molecule has 2 aromatic heterocycles. The highest BCUT2D eigenvalue weighted by molar-refractivity contribution is 7.13. The van der Waals surface area contributed by atoms with Crippen LogP contribution >= 0.6 is 11.5 Å². The van der Waals surface area contributed by atoms with Crippen LogP contribution in [-0.4, -0.2) is 29.3 Å². The number of carbonyl (C=O) groups is 2. The second kappa shape index (κ2) is 9.61. The zero-order valence-corrected chi connectivity index (χ0v) is 18.1. The Bertz CT molecular complexity index is 1210. The molecule has 7 nitrogen and oxygen atoms in total. The van der Waals surface area contributed by atoms with Crippen LogP contribution in [0.1, 0.15) is 36.7 Å². The molecule has 31 heavy (non-hydrogen) atoms. The number of furan rings is 1. The molecule has 0 aliphatic heterocycles. The molecule has 4 aromatic rings. The molecule has 2 amide bonds. The number of anilines is 2. The Hall–Kier alpha value is -3.39. The van der Waals surface area contributed by atoms with E-state index in [0.29, 0.717) is 30.8 Å². The average Bonchev–Trinajstić information content (AvgIpc) is 3.37. The maximum absolute atomic E-state index is 12.4. The smallest absolute Gasteiger partial charge is 0.287 e. The van der Waals surface area contributed by atoms with Gasteiger partial charge in [0.2, 0.25) is 5.91 Å². The highest BCUT2D eigenvalue weighted by Crippen LogP contribution is 2.26. The largest absolute Gasteiger partial charge is 0.451 e. The molecule has 0 bridgehead atoms. The van der Waals surface area contributed by atoms with Crippen LogP contribution < -0.4 is 16.0 Å². The van der Waals surface area contributed by atoms with Crippen LogP contribution in [0.2, 0.25) is 0 Å². The molecule has 4 rings (SSSR count). The molecule has 0 fully saturated rings. The van der Waals surface area contributed by atoms with Gasteiger partial charge in [-0.05, 0) is 60.8 Å². The van der Waals surface area contributed by atoms with E-state index >= 15 is 0 Å². The van der Waals surface area contributed by atoms with Gasteiger partial charge in [-0.3, -0.25) is 9.59 Å². The third-order valence-electron chi connectivity index (χ3n) is 4.81. The molecule has 0 aliphatic rings. The average molecular weight is 437 g/mol. The Kier molecular flexibility index (Phi) is 6.47. The first-order valence-electron chi connectivity index (χ1n) is 10.3. The summed E-state index contributed by atoms with van der Waals surface area (Å²) in [5.74, 6) is 0.853. The van der Waals surface area contributed by atoms with Gasteiger partial charge in [0.05, 0.1) is 4.70 Å². The number of nitrogens with zero attached hydrogens (tertiary/aromatic N) is 1. The molecule has 0 unspecified atom stereocenters. The minimum absolute atomic E-state index is 0.0254. The molecule has 0 atom stereocenters. The Balaban J connectivity index is 1.27. The van der Waals surface area contributed by atoms with Crippen molar-refractivity contribution in [3.8, 4) is 0 Å². The van der Waals surface area contributed by atoms with Crippen LogP contribution in [0.15, 0.2) is 52.9 Å². The first-order valence-corrected chi connectivity index (χ1v) is 11.1. The van der Waals surface area contributed by atoms with Crippen LogP contribution in [0, 0.1) is 0 Å². The van der Waals surface area contributed by atoms with E-state index in [9.17, 15) is 9.59 Å². The van der Waals surface area contributed by atoms with Gasteiger partial charge in [-0.1, -0.05) is 19.1 Å². The summed E-state index contributed by atoms with van der Waals surface area (Å²) in [4.78, 5) is 24.2. The minimum atomic E-state index is -0.258. The van der Waals surface area contributed by atoms with Crippen molar-refractivity contribution in [2.45, 2.75) is 26.2 Å². The number of rotatable bonds is 9. The van der Waals surface area contributed by atoms with Gasteiger partial charge in [-0.2, -0.15) is 4.37 Å². The van der Waals surface area contributed by atoms with E-state index < -0.39 is 0 Å². The monoisotopic (exact) mass is 436 g/mol. The van der Waals surface area contributed by atoms with Gasteiger partial charge < -0.3 is 20.4 Å². The van der Waals surface area contributed by atoms with E-state index in [1.54, 1.807) is 18.2 Å². The zero-order valence-electron chi connectivity index (χ0n) is 17.2. The van der Waals surface area contributed by atoms with E-state index in [1.165, 1.54) is 11.5 Å². The van der Waals surface area contributed by atoms with Gasteiger partial charge in [-0.15, -0.1) is 0 Å². The number of hydrogen-bond acceptors (Lipinski definition) is 6. The number of carbonyl (C=O) groups excluding carboxylic acids is 2. The normalized spacial score (nSPS) is 11.0. The summed E-state index contributed by atoms with van der Waals surface area (Å²) in [6.07, 6.45) is 2.02. The van der Waals surface area contributed by atoms with Crippen LogP contribution in [0.4, 0.5) is 11.5 Å². The predicted octanol–water partition coefficient (Wildman–Crippen LogP) is 5.01. The van der Waals surface area contributed by atoms with Crippen LogP contribution in [-0.2, 0) is 4.79 Å². The fourth-order valence-electron chi connectivity index (χ4n) is 3.28. The lowest BCUT2D eigenvalue weighted by atomic mass is 10.2. The molecular weight excluding hydrogens is 412 g/mol. The number of aromatic nitrogens is 1. The fourth-order valence-corrected chi connectivity index (χ4v) is 4.04. The highest BCUT2D eigenvalue weighted by atomic mass is 32.1. The number of amides is 2. The van der Waals surface area contributed by atoms with Crippen molar-refractivity contribution in [2.24, 2.45) is 0 Å². The number of nitrogens with one attached hydrogen (secondary N) is 3. The number of hydrogen-bond donors (Lipinski definition) is 3. The molecule has 3 N–H and O–H groups in total. The molecule has 0 radical (unpaired) electrons. The van der Waals surface area contributed by atoms with Gasteiger partial charge in [0.1, 0.15) is 11.4 Å². The Morgan fingerprint density at radius 3 is 2.84 bits per heavy atom. The van der Waals surface area contributed by atoms with Gasteiger partial charge in [0, 0.05) is 36.0 Å². The van der Waals surface area contributed by atoms with Crippen LogP contribution in [0.25, 0.3) is 21.1 Å². The first-order chi connectivity index (χ1) is 15.1. The lowest BCUT2D eigenvalue weighted by Gasteiger charge is -2.05. The Labute approximate surface area is 184 Å². The molecule has 0 aliphatic carbocycles. The quantitative estimate of drug-likeness (QED) is 0.320. The van der Waals surface area contributed by atoms with Crippen molar-refractivity contribution in [2.75, 3.05) is 23.7 Å². The molecule has 0 saturated heterocycles. The molecule has 8 heteroatoms. The number of fused-ring (bicyclic) bond motifs is 2. The molecule has 2 heterocycles. The Morgan fingerprint density at radius 1 is 1.10 bits per heavy atom. The van der Waals surface area contributed by atoms with Gasteiger partial charge in [0.25, 0.3) is 5.91 Å². The molecule has 0 saturated carbocycles. The van der Waals surface area contributed by atoms with E-state index in [2.05, 4.69) is 20.3 Å². The van der Waals surface area contributed by atoms with Crippen molar-refractivity contribution in [1.82, 2.24) is 9.69 Å². The second-order valence-corrected chi connectivity index (χ2v) is 8.03. The lowest BCUT2D eigenvalue weighted by Crippen LogP contribution is -2.25. The third-order valence-corrected chi connectivity index (χ3v) is 5.64. The van der Waals surface area contributed by atoms with Gasteiger partial charge in [0.15, 0.2) is 5.76 Å². The molecule has 2 aromatic carbocycles. The van der Waals surface area contributed by atoms with Gasteiger partial charge >= 0.3 is 0 Å². The summed E-state index contributed by atoms with van der Waals surface area (Å²) >= 11 is 1.47. The van der Waals surface area contributed by atoms with E-state index in [-0.39, 0.29) is 17.6 Å². The van der Waals surface area contributed by atoms with Crippen molar-refractivity contribution >= 4 is 55.9 Å². The zero-order chi connectivity index (χ0) is 21.6. The van der Waals surface area contributed by atoms with E-state index in [1.807, 2.05) is 37.3 Å². The Morgan fingerprint density at radius 2 is 1.97 bits per heavy atom. The van der Waals surface area contributed by atoms with E-state index in [4.69, 9.17) is 4.42 Å². The molecule has 0 spiro atoms. The topological polar surface area (TPSA) is 96.3 Å². The predicted molar refractivity (Wildman–Crippen MR) is 125 cm³/mol. The van der Waals surface area contributed by atoms with Crippen molar-refractivity contribution in [3.63, 3.8) is 0 Å². The molecule has 160 valence electrons. The van der Waals surface area contributed by atoms with Crippen molar-refractivity contribution in [1.29, 1.82) is 0 Å². The third kappa shape index (κ3) is 5.03. The summed E-state index contributed by atoms with van der Waals surface area (Å²) in [7, 11) is 0. The van der Waals surface area contributed by atoms with Gasteiger partial charge in [-0.25, -0.2) is 0 Å². The SMILES string of the molecule is CCCC(=O)Nc1ccc2oc(C(=O)NCCCNc3nsc4ccccc34)cc2c1. The maximum atomic E-state index is 12.4. The summed E-state index contributed by atoms with van der Waals surface area (Å²) in [5, 5.41) is 10.9. The lowest BCUT2D eigenvalue weighted by molar-refractivity contribution is -0.116.